The molecule has 0 saturated carbocycles. The molecule has 0 aliphatic carbocycles. The number of hydrogen-bond donors (Lipinski definition) is 2. The molecule has 1 aromatic carbocycles. The van der Waals surface area contributed by atoms with Gasteiger partial charge in [0, 0.05) is 37.4 Å². The SMILES string of the molecule is C[C@@]1(C(=O)O)CCN(C(=O)c2ccc(N3CCNC3=O)cc2)C1. The fourth-order valence-electron chi connectivity index (χ4n) is 2.99. The summed E-state index contributed by atoms with van der Waals surface area (Å²) in [6.07, 6.45) is 0.458. The van der Waals surface area contributed by atoms with Crippen LogP contribution in [0.2, 0.25) is 0 Å². The van der Waals surface area contributed by atoms with Crippen molar-refractivity contribution in [1.29, 1.82) is 0 Å². The van der Waals surface area contributed by atoms with E-state index in [4.69, 9.17) is 0 Å². The molecular formula is C16H19N3O4. The Bertz CT molecular complexity index is 658. The van der Waals surface area contributed by atoms with E-state index in [1.165, 1.54) is 0 Å². The zero-order chi connectivity index (χ0) is 16.6. The number of carbonyl (C=O) groups is 3. The molecular weight excluding hydrogens is 298 g/mol. The Labute approximate surface area is 133 Å². The van der Waals surface area contributed by atoms with Gasteiger partial charge in [0.1, 0.15) is 0 Å². The number of benzene rings is 1. The number of nitrogens with zero attached hydrogens (tertiary/aromatic N) is 2. The van der Waals surface area contributed by atoms with Crippen molar-refractivity contribution in [3.63, 3.8) is 0 Å². The van der Waals surface area contributed by atoms with E-state index in [2.05, 4.69) is 5.32 Å². The van der Waals surface area contributed by atoms with Crippen LogP contribution in [-0.4, -0.2) is 54.1 Å². The van der Waals surface area contributed by atoms with E-state index in [9.17, 15) is 19.5 Å². The average Bonchev–Trinajstić information content (AvgIpc) is 3.14. The topological polar surface area (TPSA) is 89.9 Å². The van der Waals surface area contributed by atoms with Crippen molar-refractivity contribution < 1.29 is 19.5 Å². The maximum Gasteiger partial charge on any atom is 0.321 e. The first-order valence-corrected chi connectivity index (χ1v) is 7.59. The number of hydrogen-bond acceptors (Lipinski definition) is 3. The van der Waals surface area contributed by atoms with Crippen LogP contribution in [0.3, 0.4) is 0 Å². The van der Waals surface area contributed by atoms with Crippen LogP contribution in [0.25, 0.3) is 0 Å². The van der Waals surface area contributed by atoms with Gasteiger partial charge in [-0.15, -0.1) is 0 Å². The Kier molecular flexibility index (Phi) is 3.71. The zero-order valence-corrected chi connectivity index (χ0v) is 12.9. The van der Waals surface area contributed by atoms with Gasteiger partial charge in [-0.25, -0.2) is 4.79 Å². The molecule has 0 aromatic heterocycles. The van der Waals surface area contributed by atoms with E-state index in [1.54, 1.807) is 41.0 Å². The van der Waals surface area contributed by atoms with Crippen LogP contribution in [0.1, 0.15) is 23.7 Å². The Hall–Kier alpha value is -2.57. The summed E-state index contributed by atoms with van der Waals surface area (Å²) in [5, 5.41) is 12.0. The number of carbonyl (C=O) groups excluding carboxylic acids is 2. The molecule has 2 saturated heterocycles. The Balaban J connectivity index is 1.71. The molecule has 0 bridgehead atoms. The molecule has 2 fully saturated rings. The van der Waals surface area contributed by atoms with E-state index in [0.29, 0.717) is 31.6 Å². The maximum absolute atomic E-state index is 12.5. The lowest BCUT2D eigenvalue weighted by atomic mass is 9.90. The Morgan fingerprint density at radius 3 is 2.43 bits per heavy atom. The van der Waals surface area contributed by atoms with Gasteiger partial charge in [-0.3, -0.25) is 14.5 Å². The minimum Gasteiger partial charge on any atom is -0.481 e. The molecule has 1 aromatic rings. The highest BCUT2D eigenvalue weighted by Crippen LogP contribution is 2.31. The van der Waals surface area contributed by atoms with E-state index in [-0.39, 0.29) is 18.5 Å². The largest absolute Gasteiger partial charge is 0.481 e. The summed E-state index contributed by atoms with van der Waals surface area (Å²) < 4.78 is 0. The summed E-state index contributed by atoms with van der Waals surface area (Å²) in [5.74, 6) is -1.05. The number of nitrogens with one attached hydrogen (secondary N) is 1. The van der Waals surface area contributed by atoms with E-state index in [1.807, 2.05) is 0 Å². The number of carboxylic acids is 1. The second-order valence-corrected chi connectivity index (χ2v) is 6.27. The lowest BCUT2D eigenvalue weighted by Crippen LogP contribution is -2.34. The summed E-state index contributed by atoms with van der Waals surface area (Å²) in [6.45, 7) is 3.54. The predicted molar refractivity (Wildman–Crippen MR) is 83.5 cm³/mol. The van der Waals surface area contributed by atoms with Crippen molar-refractivity contribution in [3.8, 4) is 0 Å². The molecule has 3 rings (SSSR count). The number of anilines is 1. The minimum atomic E-state index is -0.872. The van der Waals surface area contributed by atoms with Gasteiger partial charge in [0.05, 0.1) is 5.41 Å². The summed E-state index contributed by atoms with van der Waals surface area (Å²) in [6, 6.07) is 6.70. The van der Waals surface area contributed by atoms with Crippen LogP contribution in [-0.2, 0) is 4.79 Å². The molecule has 1 atom stereocenters. The molecule has 3 amide bonds. The number of carboxylic acid groups (broad SMARTS) is 1. The molecule has 2 N–H and O–H groups in total. The zero-order valence-electron chi connectivity index (χ0n) is 12.9. The third-order valence-corrected chi connectivity index (χ3v) is 4.56. The highest BCUT2D eigenvalue weighted by molar-refractivity contribution is 5.97. The average molecular weight is 317 g/mol. The third kappa shape index (κ3) is 2.74. The van der Waals surface area contributed by atoms with E-state index in [0.717, 1.165) is 5.69 Å². The lowest BCUT2D eigenvalue weighted by Gasteiger charge is -2.20. The normalized spacial score (nSPS) is 24.0. The summed E-state index contributed by atoms with van der Waals surface area (Å²) in [7, 11) is 0. The number of rotatable bonds is 3. The van der Waals surface area contributed by atoms with Gasteiger partial charge in [-0.05, 0) is 37.6 Å². The maximum atomic E-state index is 12.5. The van der Waals surface area contributed by atoms with Gasteiger partial charge >= 0.3 is 12.0 Å². The molecule has 0 radical (unpaired) electrons. The van der Waals surface area contributed by atoms with Crippen molar-refractivity contribution in [1.82, 2.24) is 10.2 Å². The van der Waals surface area contributed by atoms with Crippen molar-refractivity contribution >= 4 is 23.6 Å². The molecule has 23 heavy (non-hydrogen) atoms. The first-order chi connectivity index (χ1) is 10.9. The molecule has 2 aliphatic rings. The van der Waals surface area contributed by atoms with Gasteiger partial charge in [-0.1, -0.05) is 0 Å². The van der Waals surface area contributed by atoms with Gasteiger partial charge in [-0.2, -0.15) is 0 Å². The third-order valence-electron chi connectivity index (χ3n) is 4.56. The van der Waals surface area contributed by atoms with E-state index >= 15 is 0 Å². The highest BCUT2D eigenvalue weighted by Gasteiger charge is 2.42. The van der Waals surface area contributed by atoms with Crippen LogP contribution in [0.4, 0.5) is 10.5 Å². The van der Waals surface area contributed by atoms with E-state index < -0.39 is 11.4 Å². The van der Waals surface area contributed by atoms with Crippen molar-refractivity contribution in [2.45, 2.75) is 13.3 Å². The van der Waals surface area contributed by atoms with Crippen LogP contribution in [0.15, 0.2) is 24.3 Å². The number of amides is 3. The quantitative estimate of drug-likeness (QED) is 0.875. The predicted octanol–water partition coefficient (Wildman–Crippen LogP) is 1.15. The molecule has 2 heterocycles. The summed E-state index contributed by atoms with van der Waals surface area (Å²) in [4.78, 5) is 38.6. The van der Waals surface area contributed by atoms with Crippen molar-refractivity contribution in [2.75, 3.05) is 31.1 Å². The Morgan fingerprint density at radius 1 is 1.22 bits per heavy atom. The fraction of sp³-hybridized carbons (Fsp3) is 0.438. The van der Waals surface area contributed by atoms with Gasteiger partial charge in [0.2, 0.25) is 0 Å². The number of urea groups is 1. The fourth-order valence-corrected chi connectivity index (χ4v) is 2.99. The van der Waals surface area contributed by atoms with Crippen LogP contribution < -0.4 is 10.2 Å². The van der Waals surface area contributed by atoms with Crippen molar-refractivity contribution in [3.05, 3.63) is 29.8 Å². The minimum absolute atomic E-state index is 0.138. The second-order valence-electron chi connectivity index (χ2n) is 6.27. The summed E-state index contributed by atoms with van der Waals surface area (Å²) in [5.41, 5.74) is 0.375. The second kappa shape index (κ2) is 5.57. The molecule has 122 valence electrons. The lowest BCUT2D eigenvalue weighted by molar-refractivity contribution is -0.147. The van der Waals surface area contributed by atoms with Gasteiger partial charge in [0.25, 0.3) is 5.91 Å². The standard InChI is InChI=1S/C16H19N3O4/c1-16(14(21)22)6-8-18(10-16)13(20)11-2-4-12(5-3-11)19-9-7-17-15(19)23/h2-5H,6-10H2,1H3,(H,17,23)(H,21,22)/t16-/m1/s1. The van der Waals surface area contributed by atoms with Crippen LogP contribution in [0.5, 0.6) is 0 Å². The molecule has 7 nitrogen and oxygen atoms in total. The molecule has 2 aliphatic heterocycles. The first-order valence-electron chi connectivity index (χ1n) is 7.59. The first kappa shape index (κ1) is 15.3. The van der Waals surface area contributed by atoms with Crippen molar-refractivity contribution in [2.24, 2.45) is 5.41 Å². The Morgan fingerprint density at radius 2 is 1.91 bits per heavy atom. The van der Waals surface area contributed by atoms with Gasteiger partial charge < -0.3 is 15.3 Å². The van der Waals surface area contributed by atoms with Crippen LogP contribution >= 0.6 is 0 Å². The monoisotopic (exact) mass is 317 g/mol. The molecule has 7 heteroatoms. The van der Waals surface area contributed by atoms with Gasteiger partial charge in [0.15, 0.2) is 0 Å². The number of aliphatic carboxylic acids is 1. The molecule has 0 unspecified atom stereocenters. The number of likely N-dealkylation sites (tertiary alicyclic amines) is 1. The summed E-state index contributed by atoms with van der Waals surface area (Å²) >= 11 is 0. The smallest absolute Gasteiger partial charge is 0.321 e. The molecule has 0 spiro atoms. The van der Waals surface area contributed by atoms with Crippen LogP contribution in [0, 0.1) is 5.41 Å². The highest BCUT2D eigenvalue weighted by atomic mass is 16.4.